The molecule has 0 saturated heterocycles. The Morgan fingerprint density at radius 2 is 1.65 bits per heavy atom. The van der Waals surface area contributed by atoms with Gasteiger partial charge in [0.05, 0.1) is 0 Å². The lowest BCUT2D eigenvalue weighted by Gasteiger charge is -1.98. The summed E-state index contributed by atoms with van der Waals surface area (Å²) in [6.07, 6.45) is 0. The molecule has 2 heteroatoms. The molecular weight excluding hydrogens is 246 g/mol. The van der Waals surface area contributed by atoms with E-state index in [2.05, 4.69) is 31.2 Å². The SMILES string of the molecule is Cc1ccccc1-c1nc2c(ccc3ccccc32)o1. The Kier molecular flexibility index (Phi) is 2.36. The van der Waals surface area contributed by atoms with Gasteiger partial charge < -0.3 is 4.42 Å². The second kappa shape index (κ2) is 4.20. The molecule has 0 fully saturated rings. The molecule has 0 aliphatic carbocycles. The standard InChI is InChI=1S/C18H13NO/c1-12-6-2-4-8-14(12)18-19-17-15-9-5-3-7-13(15)10-11-16(17)20-18/h2-11H,1H3. The van der Waals surface area contributed by atoms with Crippen LogP contribution < -0.4 is 0 Å². The maximum absolute atomic E-state index is 5.93. The number of aryl methyl sites for hydroxylation is 1. The van der Waals surface area contributed by atoms with E-state index < -0.39 is 0 Å². The lowest BCUT2D eigenvalue weighted by atomic mass is 10.1. The summed E-state index contributed by atoms with van der Waals surface area (Å²) in [6.45, 7) is 2.07. The maximum atomic E-state index is 5.93. The van der Waals surface area contributed by atoms with Gasteiger partial charge in [0.25, 0.3) is 0 Å². The minimum atomic E-state index is 0.689. The summed E-state index contributed by atoms with van der Waals surface area (Å²) in [5.74, 6) is 0.689. The topological polar surface area (TPSA) is 26.0 Å². The van der Waals surface area contributed by atoms with Crippen molar-refractivity contribution in [2.75, 3.05) is 0 Å². The first-order valence-electron chi connectivity index (χ1n) is 6.67. The number of fused-ring (bicyclic) bond motifs is 3. The minimum absolute atomic E-state index is 0.689. The molecule has 0 bridgehead atoms. The average Bonchev–Trinajstić information content (AvgIpc) is 2.92. The molecule has 3 aromatic carbocycles. The zero-order chi connectivity index (χ0) is 13.5. The molecule has 4 aromatic rings. The van der Waals surface area contributed by atoms with E-state index in [1.807, 2.05) is 36.4 Å². The number of nitrogens with zero attached hydrogens (tertiary/aromatic N) is 1. The van der Waals surface area contributed by atoms with E-state index in [4.69, 9.17) is 9.40 Å². The van der Waals surface area contributed by atoms with Crippen LogP contribution in [0.15, 0.2) is 65.1 Å². The van der Waals surface area contributed by atoms with Crippen molar-refractivity contribution in [3.05, 3.63) is 66.2 Å². The minimum Gasteiger partial charge on any atom is -0.436 e. The monoisotopic (exact) mass is 259 g/mol. The van der Waals surface area contributed by atoms with Gasteiger partial charge in [-0.15, -0.1) is 0 Å². The first-order valence-corrected chi connectivity index (χ1v) is 6.67. The molecule has 0 unspecified atom stereocenters. The fraction of sp³-hybridized carbons (Fsp3) is 0.0556. The molecule has 0 N–H and O–H groups in total. The van der Waals surface area contributed by atoms with Gasteiger partial charge in [-0.2, -0.15) is 0 Å². The van der Waals surface area contributed by atoms with E-state index in [1.165, 1.54) is 10.9 Å². The van der Waals surface area contributed by atoms with Gasteiger partial charge in [-0.25, -0.2) is 4.98 Å². The highest BCUT2D eigenvalue weighted by atomic mass is 16.3. The van der Waals surface area contributed by atoms with Crippen molar-refractivity contribution in [2.45, 2.75) is 6.92 Å². The zero-order valence-corrected chi connectivity index (χ0v) is 11.1. The highest BCUT2D eigenvalue weighted by Gasteiger charge is 2.11. The molecule has 0 aliphatic heterocycles. The fourth-order valence-corrected chi connectivity index (χ4v) is 2.59. The number of benzene rings is 3. The number of hydrogen-bond acceptors (Lipinski definition) is 2. The Balaban J connectivity index is 2.04. The van der Waals surface area contributed by atoms with Crippen molar-refractivity contribution < 1.29 is 4.42 Å². The summed E-state index contributed by atoms with van der Waals surface area (Å²) in [4.78, 5) is 4.71. The molecule has 96 valence electrons. The van der Waals surface area contributed by atoms with Crippen LogP contribution in [0, 0.1) is 6.92 Å². The number of hydrogen-bond donors (Lipinski definition) is 0. The average molecular weight is 259 g/mol. The summed E-state index contributed by atoms with van der Waals surface area (Å²) >= 11 is 0. The van der Waals surface area contributed by atoms with Gasteiger partial charge in [0.1, 0.15) is 5.52 Å². The van der Waals surface area contributed by atoms with Gasteiger partial charge in [-0.05, 0) is 30.0 Å². The van der Waals surface area contributed by atoms with Crippen LogP contribution >= 0.6 is 0 Å². The highest BCUT2D eigenvalue weighted by molar-refractivity contribution is 6.03. The largest absolute Gasteiger partial charge is 0.436 e. The van der Waals surface area contributed by atoms with Gasteiger partial charge in [0.2, 0.25) is 5.89 Å². The fourth-order valence-electron chi connectivity index (χ4n) is 2.59. The third kappa shape index (κ3) is 1.62. The van der Waals surface area contributed by atoms with Crippen molar-refractivity contribution in [3.63, 3.8) is 0 Å². The molecule has 0 spiro atoms. The molecule has 0 amide bonds. The summed E-state index contributed by atoms with van der Waals surface area (Å²) in [5.41, 5.74) is 3.99. The van der Waals surface area contributed by atoms with Crippen molar-refractivity contribution in [1.82, 2.24) is 4.98 Å². The highest BCUT2D eigenvalue weighted by Crippen LogP contribution is 2.30. The van der Waals surface area contributed by atoms with E-state index in [0.717, 1.165) is 22.0 Å². The summed E-state index contributed by atoms with van der Waals surface area (Å²) < 4.78 is 5.93. The summed E-state index contributed by atoms with van der Waals surface area (Å²) in [5, 5.41) is 2.32. The molecular formula is C18H13NO. The molecule has 0 aliphatic rings. The van der Waals surface area contributed by atoms with E-state index in [1.54, 1.807) is 0 Å². The lowest BCUT2D eigenvalue weighted by Crippen LogP contribution is -1.81. The lowest BCUT2D eigenvalue weighted by molar-refractivity contribution is 0.619. The van der Waals surface area contributed by atoms with Crippen molar-refractivity contribution in [1.29, 1.82) is 0 Å². The van der Waals surface area contributed by atoms with Crippen LogP contribution in [0.4, 0.5) is 0 Å². The summed E-state index contributed by atoms with van der Waals surface area (Å²) in [6, 6.07) is 20.5. The van der Waals surface area contributed by atoms with Gasteiger partial charge in [-0.3, -0.25) is 0 Å². The molecule has 2 nitrogen and oxygen atoms in total. The van der Waals surface area contributed by atoms with Gasteiger partial charge in [-0.1, -0.05) is 48.5 Å². The van der Waals surface area contributed by atoms with Crippen LogP contribution in [0.1, 0.15) is 5.56 Å². The summed E-state index contributed by atoms with van der Waals surface area (Å²) in [7, 11) is 0. The van der Waals surface area contributed by atoms with Crippen molar-refractivity contribution in [2.24, 2.45) is 0 Å². The first-order chi connectivity index (χ1) is 9.83. The van der Waals surface area contributed by atoms with E-state index in [9.17, 15) is 0 Å². The quantitative estimate of drug-likeness (QED) is 0.483. The second-order valence-electron chi connectivity index (χ2n) is 4.97. The Hall–Kier alpha value is -2.61. The van der Waals surface area contributed by atoms with Crippen LogP contribution in [0.2, 0.25) is 0 Å². The molecule has 0 radical (unpaired) electrons. The van der Waals surface area contributed by atoms with E-state index in [0.29, 0.717) is 5.89 Å². The maximum Gasteiger partial charge on any atom is 0.227 e. The Morgan fingerprint density at radius 3 is 2.55 bits per heavy atom. The van der Waals surface area contributed by atoms with Gasteiger partial charge >= 0.3 is 0 Å². The van der Waals surface area contributed by atoms with Crippen LogP contribution in [0.3, 0.4) is 0 Å². The molecule has 0 saturated carbocycles. The van der Waals surface area contributed by atoms with Crippen molar-refractivity contribution in [3.8, 4) is 11.5 Å². The number of oxazole rings is 1. The Labute approximate surface area is 116 Å². The molecule has 4 rings (SSSR count). The third-order valence-corrected chi connectivity index (χ3v) is 3.66. The molecule has 1 aromatic heterocycles. The van der Waals surface area contributed by atoms with E-state index in [-0.39, 0.29) is 0 Å². The Bertz CT molecular complexity index is 921. The Morgan fingerprint density at radius 1 is 0.850 bits per heavy atom. The smallest absolute Gasteiger partial charge is 0.227 e. The van der Waals surface area contributed by atoms with Crippen LogP contribution in [-0.2, 0) is 0 Å². The van der Waals surface area contributed by atoms with Crippen LogP contribution in [0.5, 0.6) is 0 Å². The van der Waals surface area contributed by atoms with Crippen molar-refractivity contribution >= 4 is 21.9 Å². The van der Waals surface area contributed by atoms with Gasteiger partial charge in [0, 0.05) is 10.9 Å². The molecule has 1 heterocycles. The van der Waals surface area contributed by atoms with Gasteiger partial charge in [0.15, 0.2) is 5.58 Å². The first kappa shape index (κ1) is 11.2. The van der Waals surface area contributed by atoms with Crippen LogP contribution in [-0.4, -0.2) is 4.98 Å². The predicted molar refractivity (Wildman–Crippen MR) is 81.7 cm³/mol. The zero-order valence-electron chi connectivity index (χ0n) is 11.1. The second-order valence-corrected chi connectivity index (χ2v) is 4.97. The van der Waals surface area contributed by atoms with E-state index >= 15 is 0 Å². The molecule has 20 heavy (non-hydrogen) atoms. The number of aromatic nitrogens is 1. The molecule has 0 atom stereocenters. The predicted octanol–water partition coefficient (Wildman–Crippen LogP) is 4.96. The van der Waals surface area contributed by atoms with Crippen LogP contribution in [0.25, 0.3) is 33.3 Å². The number of rotatable bonds is 1. The normalized spacial score (nSPS) is 11.2. The third-order valence-electron chi connectivity index (χ3n) is 3.66.